The molecule has 20 nitrogen and oxygen atoms in total. The van der Waals surface area contributed by atoms with E-state index >= 15 is 0 Å². The molecule has 0 radical (unpaired) electrons. The predicted molar refractivity (Wildman–Crippen MR) is 243 cm³/mol. The quantitative estimate of drug-likeness (QED) is 0.115. The summed E-state index contributed by atoms with van der Waals surface area (Å²) in [4.78, 5) is 78.8. The van der Waals surface area contributed by atoms with Crippen LogP contribution in [-0.4, -0.2) is 76.4 Å². The summed E-state index contributed by atoms with van der Waals surface area (Å²) in [6.45, 7) is 0.704. The summed E-state index contributed by atoms with van der Waals surface area (Å²) in [7, 11) is -9.89. The molecule has 6 aromatic heterocycles. The minimum atomic E-state index is -4.94. The van der Waals surface area contributed by atoms with Crippen molar-refractivity contribution in [2.24, 2.45) is 0 Å². The molecule has 8 aromatic rings. The Balaban J connectivity index is 0.000000239. The molecule has 0 aliphatic carbocycles. The summed E-state index contributed by atoms with van der Waals surface area (Å²) < 4.78 is 67.9. The number of amides is 4. The average molecular weight is 1140 g/mol. The summed E-state index contributed by atoms with van der Waals surface area (Å²) >= 11 is 0. The van der Waals surface area contributed by atoms with Crippen molar-refractivity contribution in [2.45, 2.75) is 25.7 Å². The van der Waals surface area contributed by atoms with E-state index in [1.54, 1.807) is 85.7 Å². The van der Waals surface area contributed by atoms with Gasteiger partial charge in [0.1, 0.15) is 0 Å². The molecule has 0 fully saturated rings. The first kappa shape index (κ1) is 58.4. The Morgan fingerprint density at radius 1 is 0.333 bits per heavy atom. The van der Waals surface area contributed by atoms with E-state index in [2.05, 4.69) is 29.9 Å². The van der Waals surface area contributed by atoms with Gasteiger partial charge in [0.2, 0.25) is 0 Å². The summed E-state index contributed by atoms with van der Waals surface area (Å²) in [5.41, 5.74) is 9.08. The number of pyridine rings is 6. The van der Waals surface area contributed by atoms with Crippen LogP contribution in [0.1, 0.15) is 65.4 Å². The number of fused-ring (bicyclic) bond motifs is 2. The van der Waals surface area contributed by atoms with Crippen LogP contribution < -0.4 is 37.3 Å². The largest absolute Gasteiger partial charge is 2.00 e. The van der Waals surface area contributed by atoms with Crippen molar-refractivity contribution >= 4 is 23.6 Å². The van der Waals surface area contributed by atoms with E-state index in [0.29, 0.717) is 61.0 Å². The van der Waals surface area contributed by atoms with Gasteiger partial charge in [0, 0.05) is 50.3 Å². The Morgan fingerprint density at radius 3 is 0.813 bits per heavy atom. The van der Waals surface area contributed by atoms with Crippen LogP contribution in [0.15, 0.2) is 183 Å². The average Bonchev–Trinajstić information content (AvgIpc) is 3.79. The smallest absolute Gasteiger partial charge is 0.274 e. The number of nitrogens with zero attached hydrogens (tertiary/aromatic N) is 8. The Kier molecular flexibility index (Phi) is 22.0. The maximum Gasteiger partial charge on any atom is 2.00 e. The van der Waals surface area contributed by atoms with Gasteiger partial charge in [0.05, 0.1) is 56.4 Å². The molecular formula is C52H42Cl2N8O12Ru. The third-order valence-electron chi connectivity index (χ3n) is 10.5. The van der Waals surface area contributed by atoms with E-state index in [1.807, 2.05) is 97.1 Å². The molecule has 8 heterocycles. The molecule has 23 heteroatoms. The standard InChI is InChI=1S/C32H26N4O4.2C10H8N2.2ClHO4.Ru/c37-29-23-9-1-2-10-24(23)30(38)35(29)17-5-7-21-13-15-33-27(19-21)28-20-22(14-16-34-28)8-6-18-36-31(39)25-11-3-4-12-26(25)32(36)40;2*1-3-7-11-9(5-1)10-6-2-4-8-12-10;2*2-1(3,4)5;/h1-4,9-16,19-20H,5-8,17-18H2;2*1-8H;2*(H,2,3,4,5);/q;;;;;+2/p-2. The zero-order chi connectivity index (χ0) is 53.1. The van der Waals surface area contributed by atoms with Crippen molar-refractivity contribution in [1.29, 1.82) is 0 Å². The van der Waals surface area contributed by atoms with Crippen LogP contribution >= 0.6 is 0 Å². The molecule has 2 aliphatic rings. The summed E-state index contributed by atoms with van der Waals surface area (Å²) in [5.74, 6) is -0.944. The first-order valence-electron chi connectivity index (χ1n) is 22.1. The van der Waals surface area contributed by atoms with Gasteiger partial charge < -0.3 is 0 Å². The van der Waals surface area contributed by atoms with Gasteiger partial charge in [-0.1, -0.05) is 48.5 Å². The SMILES string of the molecule is O=C1c2ccccc2C(=O)N1CCCc1ccnc(-c2cc(CCCN3C(=O)c4ccccc4C3=O)ccn2)c1.[O-][Cl+3]([O-])([O-])[O-].[O-][Cl+3]([O-])([O-])[O-].[Ru+2].c1ccc(-c2ccccn2)nc1.c1ccc(-c2ccccn2)nc1. The molecule has 2 aliphatic heterocycles. The fourth-order valence-electron chi connectivity index (χ4n) is 7.36. The monoisotopic (exact) mass is 1140 g/mol. The minimum Gasteiger partial charge on any atom is -0.274 e. The van der Waals surface area contributed by atoms with Gasteiger partial charge in [0.25, 0.3) is 23.6 Å². The van der Waals surface area contributed by atoms with E-state index in [-0.39, 0.29) is 43.1 Å². The topological polar surface area (TPSA) is 337 Å². The summed E-state index contributed by atoms with van der Waals surface area (Å²) in [6, 6.07) is 44.8. The minimum absolute atomic E-state index is 0. The van der Waals surface area contributed by atoms with Crippen LogP contribution in [0, 0.1) is 20.5 Å². The Bertz CT molecular complexity index is 2760. The number of benzene rings is 2. The van der Waals surface area contributed by atoms with Gasteiger partial charge in [-0.15, -0.1) is 20.5 Å². The number of halogens is 2. The van der Waals surface area contributed by atoms with Crippen molar-refractivity contribution in [3.05, 3.63) is 216 Å². The first-order valence-corrected chi connectivity index (χ1v) is 24.6. The number of rotatable bonds is 11. The number of carbonyl (C=O) groups is 4. The number of aryl methyl sites for hydroxylation is 2. The van der Waals surface area contributed by atoms with Gasteiger partial charge >= 0.3 is 19.5 Å². The van der Waals surface area contributed by atoms with E-state index < -0.39 is 20.5 Å². The first-order chi connectivity index (χ1) is 35.4. The number of imide groups is 2. The van der Waals surface area contributed by atoms with Crippen LogP contribution in [0.25, 0.3) is 34.2 Å². The molecule has 0 atom stereocenters. The molecule has 0 spiro atoms. The second-order valence-electron chi connectivity index (χ2n) is 15.5. The molecule has 4 amide bonds. The van der Waals surface area contributed by atoms with Crippen LogP contribution in [-0.2, 0) is 32.3 Å². The number of hydrogen-bond donors (Lipinski definition) is 0. The van der Waals surface area contributed by atoms with Crippen LogP contribution in [0.4, 0.5) is 0 Å². The molecule has 0 bridgehead atoms. The van der Waals surface area contributed by atoms with Gasteiger partial charge in [0.15, 0.2) is 0 Å². The summed E-state index contributed by atoms with van der Waals surface area (Å²) in [6.07, 6.45) is 13.2. The van der Waals surface area contributed by atoms with Gasteiger partial charge in [-0.25, -0.2) is 37.3 Å². The van der Waals surface area contributed by atoms with E-state index in [9.17, 15) is 19.2 Å². The fourth-order valence-corrected chi connectivity index (χ4v) is 7.36. The summed E-state index contributed by atoms with van der Waals surface area (Å²) in [5, 5.41) is 0. The van der Waals surface area contributed by atoms with Crippen molar-refractivity contribution in [3.63, 3.8) is 0 Å². The second-order valence-corrected chi connectivity index (χ2v) is 17.0. The molecule has 0 unspecified atom stereocenters. The van der Waals surface area contributed by atoms with Gasteiger partial charge in [-0.3, -0.25) is 58.9 Å². The molecule has 384 valence electrons. The Labute approximate surface area is 446 Å². The van der Waals surface area contributed by atoms with Crippen LogP contribution in [0.5, 0.6) is 0 Å². The zero-order valence-corrected chi connectivity index (χ0v) is 42.4. The number of aromatic nitrogens is 6. The van der Waals surface area contributed by atoms with E-state index in [0.717, 1.165) is 45.3 Å². The molecule has 2 aromatic carbocycles. The zero-order valence-electron chi connectivity index (χ0n) is 39.1. The third-order valence-corrected chi connectivity index (χ3v) is 10.5. The maximum absolute atomic E-state index is 12.6. The van der Waals surface area contributed by atoms with Crippen molar-refractivity contribution in [3.8, 4) is 34.2 Å². The predicted octanol–water partition coefficient (Wildman–Crippen LogP) is -0.626. The molecule has 0 saturated carbocycles. The Morgan fingerprint density at radius 2 is 0.573 bits per heavy atom. The third kappa shape index (κ3) is 18.4. The molecule has 0 N–H and O–H groups in total. The van der Waals surface area contributed by atoms with Crippen molar-refractivity contribution < 1.29 is 96.4 Å². The maximum atomic E-state index is 12.6. The van der Waals surface area contributed by atoms with Crippen molar-refractivity contribution in [2.75, 3.05) is 13.1 Å². The molecule has 10 rings (SSSR count). The van der Waals surface area contributed by atoms with E-state index in [4.69, 9.17) is 37.3 Å². The van der Waals surface area contributed by atoms with Crippen LogP contribution in [0.3, 0.4) is 0 Å². The Hall–Kier alpha value is -7.50. The van der Waals surface area contributed by atoms with E-state index in [1.165, 1.54) is 9.80 Å². The van der Waals surface area contributed by atoms with Crippen molar-refractivity contribution in [1.82, 2.24) is 39.7 Å². The number of hydrogen-bond acceptors (Lipinski definition) is 18. The fraction of sp³-hybridized carbons (Fsp3) is 0.115. The normalized spacial score (nSPS) is 12.3. The molecule has 75 heavy (non-hydrogen) atoms. The van der Waals surface area contributed by atoms with Gasteiger partial charge in [-0.2, -0.15) is 0 Å². The molecular weight excluding hydrogens is 1100 g/mol. The van der Waals surface area contributed by atoms with Crippen LogP contribution in [0.2, 0.25) is 0 Å². The second kappa shape index (κ2) is 28.2. The van der Waals surface area contributed by atoms with Gasteiger partial charge in [-0.05, 0) is 134 Å². The molecule has 0 saturated heterocycles. The number of carbonyl (C=O) groups excluding carboxylic acids is 4.